The van der Waals surface area contributed by atoms with Crippen molar-refractivity contribution in [3.05, 3.63) is 0 Å². The summed E-state index contributed by atoms with van der Waals surface area (Å²) in [5, 5.41) is 17.0. The van der Waals surface area contributed by atoms with Gasteiger partial charge in [0.2, 0.25) is 23.6 Å². The third-order valence-corrected chi connectivity index (χ3v) is 4.32. The third kappa shape index (κ3) is 14.7. The summed E-state index contributed by atoms with van der Waals surface area (Å²) in [6.07, 6.45) is -0.994. The summed E-state index contributed by atoms with van der Waals surface area (Å²) in [6, 6.07) is -2.93. The number of aliphatic hydroxyl groups is 1. The maximum absolute atomic E-state index is 12.9. The van der Waals surface area contributed by atoms with E-state index in [-0.39, 0.29) is 38.2 Å². The highest BCUT2D eigenvalue weighted by Gasteiger charge is 2.29. The average molecular weight is 474 g/mol. The van der Waals surface area contributed by atoms with E-state index in [0.29, 0.717) is 6.42 Å². The lowest BCUT2D eigenvalue weighted by Gasteiger charge is -2.26. The van der Waals surface area contributed by atoms with Crippen LogP contribution in [0, 0.1) is 5.92 Å². The smallest absolute Gasteiger partial charge is 0.408 e. The monoisotopic (exact) mass is 473 g/mol. The number of aliphatic hydroxyl groups excluding tert-OH is 1. The molecule has 0 spiro atoms. The van der Waals surface area contributed by atoms with E-state index >= 15 is 0 Å². The Labute approximate surface area is 194 Å². The number of carbonyl (C=O) groups excluding carboxylic acids is 5. The molecule has 0 aliphatic heterocycles. The van der Waals surface area contributed by atoms with Crippen molar-refractivity contribution in [1.82, 2.24) is 16.0 Å². The molecule has 3 atom stereocenters. The van der Waals surface area contributed by atoms with E-state index in [1.54, 1.807) is 20.8 Å². The molecule has 0 radical (unpaired) electrons. The van der Waals surface area contributed by atoms with E-state index in [1.807, 2.05) is 13.8 Å². The van der Waals surface area contributed by atoms with Gasteiger partial charge in [-0.2, -0.15) is 0 Å². The van der Waals surface area contributed by atoms with Gasteiger partial charge in [-0.3, -0.25) is 19.2 Å². The van der Waals surface area contributed by atoms with Crippen molar-refractivity contribution in [2.75, 3.05) is 6.61 Å². The summed E-state index contributed by atoms with van der Waals surface area (Å²) in [4.78, 5) is 60.2. The number of alkyl carbamates (subject to hydrolysis) is 1. The number of nitrogens with two attached hydrogens (primary N) is 2. The fourth-order valence-corrected chi connectivity index (χ4v) is 2.88. The van der Waals surface area contributed by atoms with Gasteiger partial charge in [-0.15, -0.1) is 0 Å². The van der Waals surface area contributed by atoms with Crippen molar-refractivity contribution in [1.29, 1.82) is 0 Å². The minimum absolute atomic E-state index is 0.0955. The Morgan fingerprint density at radius 3 is 1.70 bits per heavy atom. The van der Waals surface area contributed by atoms with Gasteiger partial charge in [0.25, 0.3) is 0 Å². The second kappa shape index (κ2) is 14.3. The third-order valence-electron chi connectivity index (χ3n) is 4.32. The van der Waals surface area contributed by atoms with Gasteiger partial charge in [-0.05, 0) is 46.0 Å². The molecule has 0 fully saturated rings. The Morgan fingerprint density at radius 2 is 1.30 bits per heavy atom. The van der Waals surface area contributed by atoms with Crippen LogP contribution in [0.4, 0.5) is 4.79 Å². The first kappa shape index (κ1) is 30.1. The molecule has 0 heterocycles. The van der Waals surface area contributed by atoms with Crippen LogP contribution in [0.3, 0.4) is 0 Å². The molecule has 0 aliphatic carbocycles. The molecule has 190 valence electrons. The maximum atomic E-state index is 12.9. The van der Waals surface area contributed by atoms with Crippen LogP contribution < -0.4 is 27.4 Å². The highest BCUT2D eigenvalue weighted by Crippen LogP contribution is 2.09. The summed E-state index contributed by atoms with van der Waals surface area (Å²) in [5.41, 5.74) is 9.52. The van der Waals surface area contributed by atoms with E-state index in [4.69, 9.17) is 16.2 Å². The number of carbonyl (C=O) groups is 5. The lowest BCUT2D eigenvalue weighted by atomic mass is 10.0. The molecular weight excluding hydrogens is 434 g/mol. The summed E-state index contributed by atoms with van der Waals surface area (Å²) >= 11 is 0. The molecule has 0 saturated carbocycles. The van der Waals surface area contributed by atoms with Gasteiger partial charge in [0.1, 0.15) is 17.7 Å². The van der Waals surface area contributed by atoms with Crippen molar-refractivity contribution >= 4 is 29.7 Å². The predicted octanol–water partition coefficient (Wildman–Crippen LogP) is -0.581. The van der Waals surface area contributed by atoms with E-state index in [1.165, 1.54) is 0 Å². The Morgan fingerprint density at radius 1 is 0.848 bits per heavy atom. The van der Waals surface area contributed by atoms with Gasteiger partial charge in [0.05, 0.1) is 12.6 Å². The van der Waals surface area contributed by atoms with Crippen molar-refractivity contribution in [2.45, 2.75) is 90.4 Å². The molecule has 0 aromatic heterocycles. The van der Waals surface area contributed by atoms with Crippen LogP contribution in [0.15, 0.2) is 0 Å². The first-order valence-corrected chi connectivity index (χ1v) is 10.9. The van der Waals surface area contributed by atoms with Crippen LogP contribution >= 0.6 is 0 Å². The number of hydrogen-bond donors (Lipinski definition) is 6. The minimum Gasteiger partial charge on any atom is -0.444 e. The lowest BCUT2D eigenvalue weighted by molar-refractivity contribution is -0.131. The average Bonchev–Trinajstić information content (AvgIpc) is 2.65. The van der Waals surface area contributed by atoms with Gasteiger partial charge in [0.15, 0.2) is 0 Å². The topological polar surface area (TPSA) is 203 Å². The van der Waals surface area contributed by atoms with E-state index in [9.17, 15) is 29.1 Å². The van der Waals surface area contributed by atoms with Crippen LogP contribution in [-0.4, -0.2) is 65.2 Å². The largest absolute Gasteiger partial charge is 0.444 e. The summed E-state index contributed by atoms with van der Waals surface area (Å²) in [7, 11) is 0. The molecule has 0 rings (SSSR count). The molecule has 5 amide bonds. The molecule has 0 aromatic carbocycles. The Bertz CT molecular complexity index is 691. The first-order valence-electron chi connectivity index (χ1n) is 10.9. The number of ether oxygens (including phenoxy) is 1. The molecule has 8 N–H and O–H groups in total. The number of primary amides is 2. The van der Waals surface area contributed by atoms with Crippen LogP contribution in [0.5, 0.6) is 0 Å². The molecule has 0 bridgehead atoms. The standard InChI is InChI=1S/C21H39N5O7/c1-12(2)10-13(11-27)24-18(30)14(6-8-16(22)28)25-19(31)15(7-9-17(23)29)26-20(32)33-21(3,4)5/h12-15,27H,6-11H2,1-5H3,(H2,22,28)(H2,23,29)(H,24,30)(H,25,31)(H,26,32)/t13-,14-,15-/m0/s1. The van der Waals surface area contributed by atoms with Crippen molar-refractivity contribution in [3.63, 3.8) is 0 Å². The molecule has 0 aromatic rings. The fraction of sp³-hybridized carbons (Fsp3) is 0.762. The van der Waals surface area contributed by atoms with Crippen molar-refractivity contribution in [2.24, 2.45) is 17.4 Å². The molecule has 12 heteroatoms. The zero-order valence-electron chi connectivity index (χ0n) is 20.1. The zero-order valence-corrected chi connectivity index (χ0v) is 20.1. The number of hydrogen-bond acceptors (Lipinski definition) is 7. The Balaban J connectivity index is 5.48. The quantitative estimate of drug-likeness (QED) is 0.193. The van der Waals surface area contributed by atoms with Crippen LogP contribution in [-0.2, 0) is 23.9 Å². The SMILES string of the molecule is CC(C)C[C@@H](CO)NC(=O)[C@H](CCC(N)=O)NC(=O)[C@H](CCC(N)=O)NC(=O)OC(C)(C)C. The number of amides is 5. The Kier molecular flexibility index (Phi) is 13.0. The van der Waals surface area contributed by atoms with Gasteiger partial charge < -0.3 is 37.3 Å². The lowest BCUT2D eigenvalue weighted by Crippen LogP contribution is -2.56. The van der Waals surface area contributed by atoms with Crippen molar-refractivity contribution in [3.8, 4) is 0 Å². The second-order valence-corrected chi connectivity index (χ2v) is 9.29. The highest BCUT2D eigenvalue weighted by atomic mass is 16.6. The zero-order chi connectivity index (χ0) is 25.8. The van der Waals surface area contributed by atoms with Gasteiger partial charge in [-0.25, -0.2) is 4.79 Å². The highest BCUT2D eigenvalue weighted by molar-refractivity contribution is 5.92. The molecular formula is C21H39N5O7. The first-order chi connectivity index (χ1) is 15.1. The molecule has 0 unspecified atom stereocenters. The van der Waals surface area contributed by atoms with E-state index in [0.717, 1.165) is 0 Å². The summed E-state index contributed by atoms with van der Waals surface area (Å²) in [6.45, 7) is 8.47. The molecule has 33 heavy (non-hydrogen) atoms. The maximum Gasteiger partial charge on any atom is 0.408 e. The molecule has 0 saturated heterocycles. The second-order valence-electron chi connectivity index (χ2n) is 9.29. The minimum atomic E-state index is -1.22. The number of rotatable bonds is 14. The van der Waals surface area contributed by atoms with Gasteiger partial charge in [0, 0.05) is 12.8 Å². The van der Waals surface area contributed by atoms with E-state index < -0.39 is 53.4 Å². The molecule has 0 aliphatic rings. The fourth-order valence-electron chi connectivity index (χ4n) is 2.88. The Hall–Kier alpha value is -2.89. The van der Waals surface area contributed by atoms with Crippen LogP contribution in [0.25, 0.3) is 0 Å². The summed E-state index contributed by atoms with van der Waals surface area (Å²) in [5.74, 6) is -2.54. The predicted molar refractivity (Wildman–Crippen MR) is 120 cm³/mol. The normalized spacial score (nSPS) is 14.0. The number of nitrogens with one attached hydrogen (secondary N) is 3. The molecule has 12 nitrogen and oxygen atoms in total. The van der Waals surface area contributed by atoms with Crippen molar-refractivity contribution < 1.29 is 33.8 Å². The van der Waals surface area contributed by atoms with Crippen LogP contribution in [0.1, 0.15) is 66.7 Å². The van der Waals surface area contributed by atoms with Crippen LogP contribution in [0.2, 0.25) is 0 Å². The van der Waals surface area contributed by atoms with E-state index in [2.05, 4.69) is 16.0 Å². The van der Waals surface area contributed by atoms with Gasteiger partial charge >= 0.3 is 6.09 Å². The summed E-state index contributed by atoms with van der Waals surface area (Å²) < 4.78 is 5.15. The van der Waals surface area contributed by atoms with Gasteiger partial charge in [-0.1, -0.05) is 13.8 Å².